The summed E-state index contributed by atoms with van der Waals surface area (Å²) in [7, 11) is 0. The lowest BCUT2D eigenvalue weighted by Crippen LogP contribution is -2.30. The summed E-state index contributed by atoms with van der Waals surface area (Å²) in [5.41, 5.74) is 0. The second-order valence-corrected chi connectivity index (χ2v) is 22.0. The Hall–Kier alpha value is -2.89. The number of rotatable bonds is 60. The zero-order valence-electron chi connectivity index (χ0n) is 50.1. The summed E-state index contributed by atoms with van der Waals surface area (Å²) >= 11 is 0. The molecule has 0 aliphatic rings. The maximum absolute atomic E-state index is 12.9. The van der Waals surface area contributed by atoms with Gasteiger partial charge in [0.1, 0.15) is 13.2 Å². The molecular weight excluding hydrogens is 925 g/mol. The Morgan fingerprint density at radius 1 is 0.280 bits per heavy atom. The van der Waals surface area contributed by atoms with Gasteiger partial charge in [0.25, 0.3) is 0 Å². The third-order valence-electron chi connectivity index (χ3n) is 14.5. The van der Waals surface area contributed by atoms with E-state index in [0.717, 1.165) is 96.3 Å². The highest BCUT2D eigenvalue weighted by atomic mass is 16.6. The molecule has 0 fully saturated rings. The van der Waals surface area contributed by atoms with E-state index in [1.165, 1.54) is 205 Å². The van der Waals surface area contributed by atoms with Crippen LogP contribution in [0.3, 0.4) is 0 Å². The van der Waals surface area contributed by atoms with E-state index >= 15 is 0 Å². The minimum atomic E-state index is -0.776. The highest BCUT2D eigenvalue weighted by Crippen LogP contribution is 2.18. The summed E-state index contributed by atoms with van der Waals surface area (Å²) in [4.78, 5) is 38.3. The van der Waals surface area contributed by atoms with Gasteiger partial charge in [0.05, 0.1) is 0 Å². The lowest BCUT2D eigenvalue weighted by molar-refractivity contribution is -0.167. The molecule has 0 amide bonds. The molecule has 6 nitrogen and oxygen atoms in total. The van der Waals surface area contributed by atoms with Gasteiger partial charge < -0.3 is 14.2 Å². The predicted molar refractivity (Wildman–Crippen MR) is 325 cm³/mol. The van der Waals surface area contributed by atoms with E-state index in [1.54, 1.807) is 0 Å². The first kappa shape index (κ1) is 72.1. The van der Waals surface area contributed by atoms with Crippen molar-refractivity contribution in [2.45, 2.75) is 348 Å². The average Bonchev–Trinajstić information content (AvgIpc) is 3.41. The first-order chi connectivity index (χ1) is 37.0. The number of carbonyl (C=O) groups excluding carboxylic acids is 3. The van der Waals surface area contributed by atoms with Crippen LogP contribution in [-0.4, -0.2) is 37.2 Å². The lowest BCUT2D eigenvalue weighted by atomic mass is 10.0. The molecule has 0 bridgehead atoms. The molecular formula is C69H124O6. The van der Waals surface area contributed by atoms with Crippen molar-refractivity contribution in [1.29, 1.82) is 0 Å². The smallest absolute Gasteiger partial charge is 0.306 e. The van der Waals surface area contributed by atoms with E-state index in [4.69, 9.17) is 14.2 Å². The molecule has 0 N–H and O–H groups in total. The summed E-state index contributed by atoms with van der Waals surface area (Å²) < 4.78 is 17.0. The number of esters is 3. The summed E-state index contributed by atoms with van der Waals surface area (Å²) in [6.45, 7) is 6.58. The molecule has 0 rings (SSSR count). The fourth-order valence-electron chi connectivity index (χ4n) is 9.65. The van der Waals surface area contributed by atoms with E-state index in [-0.39, 0.29) is 31.1 Å². The molecule has 0 aromatic rings. The Kier molecular flexibility index (Phi) is 61.2. The largest absolute Gasteiger partial charge is 0.462 e. The number of hydrogen-bond acceptors (Lipinski definition) is 6. The van der Waals surface area contributed by atoms with Gasteiger partial charge in [-0.15, -0.1) is 0 Å². The minimum absolute atomic E-state index is 0.0726. The van der Waals surface area contributed by atoms with E-state index in [1.807, 2.05) is 0 Å². The average molecular weight is 1050 g/mol. The Bertz CT molecular complexity index is 1340. The summed E-state index contributed by atoms with van der Waals surface area (Å²) in [5.74, 6) is -0.861. The molecule has 0 saturated heterocycles. The third kappa shape index (κ3) is 61.8. The van der Waals surface area contributed by atoms with Gasteiger partial charge in [0, 0.05) is 19.3 Å². The molecule has 0 spiro atoms. The Morgan fingerprint density at radius 2 is 0.520 bits per heavy atom. The summed E-state index contributed by atoms with van der Waals surface area (Å²) in [5, 5.41) is 0. The fourth-order valence-corrected chi connectivity index (χ4v) is 9.65. The predicted octanol–water partition coefficient (Wildman–Crippen LogP) is 22.3. The van der Waals surface area contributed by atoms with Crippen molar-refractivity contribution in [2.24, 2.45) is 0 Å². The molecule has 0 radical (unpaired) electrons. The second kappa shape index (κ2) is 63.6. The SMILES string of the molecule is CC/C=C\C/C=C\C/C=C\C/C=C\C/C=C\CCCCCCCCCC(=O)OCC(COC(=O)CCCCCCCCCCCCCCCC)OC(=O)CCCCCCCCCCCCCCCCCCCCCC. The van der Waals surface area contributed by atoms with Crippen molar-refractivity contribution in [3.63, 3.8) is 0 Å². The number of unbranched alkanes of at least 4 members (excludes halogenated alkanes) is 39. The van der Waals surface area contributed by atoms with Gasteiger partial charge in [-0.05, 0) is 64.2 Å². The maximum atomic E-state index is 12.9. The van der Waals surface area contributed by atoms with Gasteiger partial charge in [-0.2, -0.15) is 0 Å². The third-order valence-corrected chi connectivity index (χ3v) is 14.5. The molecule has 1 atom stereocenters. The molecule has 0 saturated carbocycles. The van der Waals surface area contributed by atoms with Crippen molar-refractivity contribution in [1.82, 2.24) is 0 Å². The molecule has 0 aliphatic carbocycles. The van der Waals surface area contributed by atoms with Crippen LogP contribution in [0.5, 0.6) is 0 Å². The number of hydrogen-bond donors (Lipinski definition) is 0. The number of allylic oxidation sites excluding steroid dienone is 10. The number of carbonyl (C=O) groups is 3. The minimum Gasteiger partial charge on any atom is -0.462 e. The molecule has 0 aromatic carbocycles. The summed E-state index contributed by atoms with van der Waals surface area (Å²) in [6, 6.07) is 0. The van der Waals surface area contributed by atoms with Gasteiger partial charge in [-0.1, -0.05) is 319 Å². The topological polar surface area (TPSA) is 78.9 Å². The van der Waals surface area contributed by atoms with E-state index in [0.29, 0.717) is 19.3 Å². The van der Waals surface area contributed by atoms with Crippen molar-refractivity contribution in [2.75, 3.05) is 13.2 Å². The normalized spacial score (nSPS) is 12.4. The first-order valence-corrected chi connectivity index (χ1v) is 32.8. The van der Waals surface area contributed by atoms with Crippen LogP contribution in [0.25, 0.3) is 0 Å². The van der Waals surface area contributed by atoms with Crippen LogP contribution in [0.1, 0.15) is 342 Å². The molecule has 0 heterocycles. The molecule has 0 aliphatic heterocycles. The highest BCUT2D eigenvalue weighted by Gasteiger charge is 2.19. The molecule has 6 heteroatoms. The second-order valence-electron chi connectivity index (χ2n) is 22.0. The van der Waals surface area contributed by atoms with E-state index in [2.05, 4.69) is 81.5 Å². The molecule has 75 heavy (non-hydrogen) atoms. The quantitative estimate of drug-likeness (QED) is 0.0261. The fraction of sp³-hybridized carbons (Fsp3) is 0.812. The van der Waals surface area contributed by atoms with Gasteiger partial charge in [-0.3, -0.25) is 14.4 Å². The monoisotopic (exact) mass is 1050 g/mol. The van der Waals surface area contributed by atoms with Crippen LogP contribution in [0.2, 0.25) is 0 Å². The Morgan fingerprint density at radius 3 is 0.813 bits per heavy atom. The van der Waals surface area contributed by atoms with E-state index in [9.17, 15) is 14.4 Å². The standard InChI is InChI=1S/C69H124O6/c1-4-7-10-13-16-19-22-25-28-30-32-34-35-36-38-39-41-44-47-50-53-56-59-62-68(71)74-65-66(64-73-67(70)61-58-55-52-49-46-43-27-24-21-18-15-12-9-6-3)75-69(72)63-60-57-54-51-48-45-42-40-37-33-31-29-26-23-20-17-14-11-8-5-2/h7,10,16,19,25,28,32,34,36,38,66H,4-6,8-9,11-15,17-18,20-24,26-27,29-31,33,35,37,39-65H2,1-3H3/b10-7-,19-16-,28-25-,34-32-,38-36-. The van der Waals surface area contributed by atoms with Gasteiger partial charge >= 0.3 is 17.9 Å². The molecule has 436 valence electrons. The van der Waals surface area contributed by atoms with Gasteiger partial charge in [0.15, 0.2) is 6.10 Å². The Balaban J connectivity index is 4.33. The Labute approximate surface area is 466 Å². The molecule has 1 unspecified atom stereocenters. The van der Waals surface area contributed by atoms with Gasteiger partial charge in [-0.25, -0.2) is 0 Å². The summed E-state index contributed by atoms with van der Waals surface area (Å²) in [6.07, 6.45) is 80.8. The number of ether oxygens (including phenoxy) is 3. The van der Waals surface area contributed by atoms with Crippen LogP contribution in [0, 0.1) is 0 Å². The van der Waals surface area contributed by atoms with Crippen molar-refractivity contribution in [3.8, 4) is 0 Å². The highest BCUT2D eigenvalue weighted by molar-refractivity contribution is 5.71. The van der Waals surface area contributed by atoms with Crippen molar-refractivity contribution < 1.29 is 28.6 Å². The van der Waals surface area contributed by atoms with Crippen LogP contribution < -0.4 is 0 Å². The lowest BCUT2D eigenvalue weighted by Gasteiger charge is -2.18. The van der Waals surface area contributed by atoms with Crippen molar-refractivity contribution >= 4 is 17.9 Å². The maximum Gasteiger partial charge on any atom is 0.306 e. The van der Waals surface area contributed by atoms with Crippen molar-refractivity contribution in [3.05, 3.63) is 60.8 Å². The molecule has 0 aromatic heterocycles. The van der Waals surface area contributed by atoms with Crippen LogP contribution >= 0.6 is 0 Å². The van der Waals surface area contributed by atoms with Crippen LogP contribution in [0.4, 0.5) is 0 Å². The van der Waals surface area contributed by atoms with Crippen LogP contribution in [0.15, 0.2) is 60.8 Å². The first-order valence-electron chi connectivity index (χ1n) is 32.8. The van der Waals surface area contributed by atoms with Gasteiger partial charge in [0.2, 0.25) is 0 Å². The zero-order valence-corrected chi connectivity index (χ0v) is 50.1. The zero-order chi connectivity index (χ0) is 54.3. The van der Waals surface area contributed by atoms with E-state index < -0.39 is 6.10 Å². The van der Waals surface area contributed by atoms with Crippen LogP contribution in [-0.2, 0) is 28.6 Å².